The molecule has 1 aliphatic heterocycles. The van der Waals surface area contributed by atoms with Crippen molar-refractivity contribution in [1.82, 2.24) is 30.4 Å². The molecule has 25 nitrogen and oxygen atoms in total. The Hall–Kier alpha value is -7.99. The fourth-order valence-corrected chi connectivity index (χ4v) is 16.8. The number of carboxylic acid groups (broad SMARTS) is 2. The molecule has 2 unspecified atom stereocenters. The van der Waals surface area contributed by atoms with Crippen LogP contribution in [0.15, 0.2) is 91.0 Å². The number of fused-ring (bicyclic) bond motifs is 2. The molecule has 5 fully saturated rings. The minimum absolute atomic E-state index is 0.0789. The number of aliphatic hydroxyl groups is 3. The number of aliphatic carboxylic acids is 1. The number of ether oxygens (including phenoxy) is 4. The number of carbonyl (C=O) groups excluding carboxylic acids is 3. The van der Waals surface area contributed by atoms with Crippen LogP contribution < -0.4 is 21.1 Å². The quantitative estimate of drug-likeness (QED) is 0.0214. The molecule has 4 heterocycles. The summed E-state index contributed by atoms with van der Waals surface area (Å²) >= 11 is 1.38. The van der Waals surface area contributed by atoms with Gasteiger partial charge in [-0.1, -0.05) is 67.6 Å². The Bertz CT molecular complexity index is 4070. The van der Waals surface area contributed by atoms with Gasteiger partial charge in [0.1, 0.15) is 36.7 Å². The van der Waals surface area contributed by atoms with Crippen LogP contribution in [-0.4, -0.2) is 168 Å². The first-order chi connectivity index (χ1) is 43.6. The van der Waals surface area contributed by atoms with Crippen molar-refractivity contribution in [3.8, 4) is 28.1 Å². The van der Waals surface area contributed by atoms with E-state index in [2.05, 4.69) is 34.6 Å². The summed E-state index contributed by atoms with van der Waals surface area (Å²) in [5.74, 6) is -4.78. The molecule has 27 heteroatoms. The zero-order valence-corrected chi connectivity index (χ0v) is 52.7. The molecule has 8 atom stereocenters. The number of H-pyrrole nitrogens is 1. The van der Waals surface area contributed by atoms with Crippen molar-refractivity contribution in [3.63, 3.8) is 0 Å². The molecule has 4 saturated carbocycles. The van der Waals surface area contributed by atoms with E-state index in [9.17, 15) is 57.9 Å². The number of thiazole rings is 1. The van der Waals surface area contributed by atoms with Gasteiger partial charge in [0.05, 0.1) is 39.6 Å². The second-order valence-corrected chi connectivity index (χ2v) is 28.5. The molecular weight excluding hydrogens is 1230 g/mol. The van der Waals surface area contributed by atoms with Gasteiger partial charge in [-0.2, -0.15) is 13.5 Å². The number of benzene rings is 4. The molecule has 12 rings (SSSR count). The summed E-state index contributed by atoms with van der Waals surface area (Å²) in [6.07, 6.45) is -3.08. The number of aromatic amines is 1. The first-order valence-corrected chi connectivity index (χ1v) is 32.7. The number of aromatic carboxylic acids is 1. The Kier molecular flexibility index (Phi) is 18.4. The van der Waals surface area contributed by atoms with E-state index in [-0.39, 0.29) is 59.9 Å². The number of aryl methyl sites for hydroxylation is 2. The smallest absolute Gasteiger partial charge is 0.409 e. The van der Waals surface area contributed by atoms with E-state index in [1.165, 1.54) is 22.3 Å². The predicted octanol–water partition coefficient (Wildman–Crippen LogP) is 7.03. The minimum Gasteiger partial charge on any atom is -0.479 e. The number of nitrogens with zero attached hydrogens (tertiary/aromatic N) is 4. The molecule has 0 spiro atoms. The van der Waals surface area contributed by atoms with Gasteiger partial charge in [0.15, 0.2) is 16.9 Å². The van der Waals surface area contributed by atoms with Crippen molar-refractivity contribution < 1.29 is 81.4 Å². The number of aliphatic hydroxyl groups excluding tert-OH is 3. The number of anilines is 1. The molecule has 3 amide bonds. The topological polar surface area (TPSA) is 386 Å². The highest BCUT2D eigenvalue weighted by atomic mass is 32.2. The molecule has 92 heavy (non-hydrogen) atoms. The number of amides is 3. The second kappa shape index (κ2) is 25.8. The third-order valence-electron chi connectivity index (χ3n) is 18.2. The number of rotatable bonds is 24. The molecule has 5 aliphatic rings. The first kappa shape index (κ1) is 65.5. The number of para-hydroxylation sites is 1. The maximum atomic E-state index is 13.8. The van der Waals surface area contributed by atoms with Crippen LogP contribution in [0.25, 0.3) is 43.4 Å². The monoisotopic (exact) mass is 1300 g/mol. The van der Waals surface area contributed by atoms with E-state index >= 15 is 0 Å². The Morgan fingerprint density at radius 1 is 0.870 bits per heavy atom. The number of hydrogen-bond acceptors (Lipinski definition) is 19. The first-order valence-electron chi connectivity index (χ1n) is 30.3. The number of likely N-dealkylation sites (N-methyl/N-ethyl adjacent to an activating group) is 1. The van der Waals surface area contributed by atoms with Crippen molar-refractivity contribution in [2.24, 2.45) is 22.0 Å². The largest absolute Gasteiger partial charge is 0.479 e. The Balaban J connectivity index is 0.753. The number of nitrogens with one attached hydrogen (secondary N) is 3. The Labute approximate surface area is 533 Å². The van der Waals surface area contributed by atoms with Gasteiger partial charge in [0.25, 0.3) is 16.0 Å². The zero-order valence-electron chi connectivity index (χ0n) is 51.1. The summed E-state index contributed by atoms with van der Waals surface area (Å²) in [5.41, 5.74) is 10.5. The summed E-state index contributed by atoms with van der Waals surface area (Å²) in [5, 5.41) is 67.2. The van der Waals surface area contributed by atoms with Gasteiger partial charge in [-0.15, -0.1) is 0 Å². The predicted molar refractivity (Wildman–Crippen MR) is 337 cm³/mol. The van der Waals surface area contributed by atoms with E-state index < -0.39 is 82.2 Å². The highest BCUT2D eigenvalue weighted by Crippen LogP contribution is 2.72. The molecule has 4 aliphatic carbocycles. The molecule has 7 aromatic rings. The molecule has 1 saturated heterocycles. The van der Waals surface area contributed by atoms with Gasteiger partial charge in [-0.25, -0.2) is 24.4 Å². The second-order valence-electron chi connectivity index (χ2n) is 26.0. The van der Waals surface area contributed by atoms with E-state index in [1.54, 1.807) is 37.4 Å². The molecule has 3 aromatic heterocycles. The van der Waals surface area contributed by atoms with Gasteiger partial charge in [0.2, 0.25) is 12.2 Å². The van der Waals surface area contributed by atoms with Crippen LogP contribution in [0.4, 0.5) is 9.93 Å². The van der Waals surface area contributed by atoms with E-state index in [0.717, 1.165) is 59.8 Å². The van der Waals surface area contributed by atoms with Crippen LogP contribution in [0, 0.1) is 23.2 Å². The molecule has 488 valence electrons. The number of unbranched alkanes of at least 4 members (excludes halogenated alkanes) is 1. The van der Waals surface area contributed by atoms with Gasteiger partial charge in [-0.05, 0) is 158 Å². The van der Waals surface area contributed by atoms with E-state index in [0.29, 0.717) is 81.0 Å². The molecular formula is C65H74N8O17S2. The third kappa shape index (κ3) is 14.2. The summed E-state index contributed by atoms with van der Waals surface area (Å²) in [7, 11) is -2.89. The lowest BCUT2D eigenvalue weighted by molar-refractivity contribution is -0.271. The van der Waals surface area contributed by atoms with E-state index in [4.69, 9.17) is 39.3 Å². The standard InChI is InChI=1S/C65H74N8O17S2/c1-35-49(42-19-20-45(68-50(42)57(79)80)38-16-15-36-11-9-12-41(43(36)25-38)55(77)70-60-69-46-13-5-6-14-48(46)91-60)47(72-71-35)26-64-30-62(2)29-63(3,31-64)33-65(32-62,34-64)88-23-22-73(4)61(83)87-27-39-17-18-40(89-59-53(76)51(74)52(75)54(90-59)58(81)82)24-37(39)10-7-8-21-67-56(78)44(66)28-92(84,85)86/h5-6,9,11-20,24-25,44,51-54,59,74-76H,7-8,10,21-23,26-34,66H2,1-4H3,(H,67,78)(H,71,72)(H,79,80)(H,81,82)(H,69,70,77)(H,84,85,86)/t44-,51-,52-,53+,54-,59+,62?,63?,64?,65?/m0/s1. The number of hydrogen-bond donors (Lipinski definition) is 10. The summed E-state index contributed by atoms with van der Waals surface area (Å²) < 4.78 is 56.5. The molecule has 4 aromatic carbocycles. The molecule has 11 N–H and O–H groups in total. The lowest BCUT2D eigenvalue weighted by Crippen LogP contribution is -2.64. The summed E-state index contributed by atoms with van der Waals surface area (Å²) in [6.45, 7) is 6.79. The van der Waals surface area contributed by atoms with Gasteiger partial charge < -0.3 is 60.4 Å². The van der Waals surface area contributed by atoms with Crippen LogP contribution in [0.1, 0.15) is 109 Å². The highest BCUT2D eigenvalue weighted by molar-refractivity contribution is 7.85. The summed E-state index contributed by atoms with van der Waals surface area (Å²) in [6, 6.07) is 25.4. The Morgan fingerprint density at radius 2 is 1.63 bits per heavy atom. The summed E-state index contributed by atoms with van der Waals surface area (Å²) in [4.78, 5) is 75.8. The highest BCUT2D eigenvalue weighted by Gasteiger charge is 2.66. The van der Waals surface area contributed by atoms with Crippen LogP contribution >= 0.6 is 11.3 Å². The van der Waals surface area contributed by atoms with Crippen molar-refractivity contribution >= 4 is 77.4 Å². The van der Waals surface area contributed by atoms with E-state index in [1.807, 2.05) is 61.5 Å². The fraction of sp³-hybridized carbons (Fsp3) is 0.446. The molecule has 0 radical (unpaired) electrons. The lowest BCUT2D eigenvalue weighted by atomic mass is 9.38. The number of pyridine rings is 1. The minimum atomic E-state index is -4.49. The van der Waals surface area contributed by atoms with Crippen molar-refractivity contribution in [2.75, 3.05) is 37.8 Å². The van der Waals surface area contributed by atoms with Gasteiger partial charge >= 0.3 is 18.0 Å². The normalized spacial score (nSPS) is 25.3. The fourth-order valence-electron chi connectivity index (χ4n) is 15.4. The van der Waals surface area contributed by atoms with Crippen LogP contribution in [0.2, 0.25) is 0 Å². The van der Waals surface area contributed by atoms with Crippen molar-refractivity contribution in [1.29, 1.82) is 0 Å². The van der Waals surface area contributed by atoms with Crippen LogP contribution in [0.5, 0.6) is 5.75 Å². The van der Waals surface area contributed by atoms with Crippen molar-refractivity contribution in [3.05, 3.63) is 125 Å². The average molecular weight is 1300 g/mol. The number of carboxylic acids is 2. The number of nitrogens with two attached hydrogens (primary N) is 1. The zero-order chi connectivity index (χ0) is 65.7. The van der Waals surface area contributed by atoms with Gasteiger partial charge in [-0.3, -0.25) is 24.6 Å². The number of aromatic nitrogens is 4. The lowest BCUT2D eigenvalue weighted by Gasteiger charge is -2.69. The third-order valence-corrected chi connectivity index (χ3v) is 19.9. The van der Waals surface area contributed by atoms with Crippen molar-refractivity contribution in [2.45, 2.75) is 134 Å². The van der Waals surface area contributed by atoms with Gasteiger partial charge in [0, 0.05) is 48.1 Å². The average Bonchev–Trinajstić information content (AvgIpc) is 1.68. The molecule has 4 bridgehead atoms. The number of carbonyl (C=O) groups is 5. The van der Waals surface area contributed by atoms with Crippen LogP contribution in [-0.2, 0) is 53.4 Å². The van der Waals surface area contributed by atoms with Crippen LogP contribution in [0.3, 0.4) is 0 Å². The Morgan fingerprint density at radius 3 is 2.36 bits per heavy atom. The maximum absolute atomic E-state index is 13.8. The SMILES string of the molecule is Cc1[nH]nc(CC23CC4(C)CC(C)(C2)CC(OCCN(C)C(=O)OCc2ccc(O[C@@H]5O[C@H](C(=O)O)[C@@H](O)[C@H](O)[C@H]5O)cc2CCCCNC(=O)[C@@H](N)CS(=O)(=O)O)(C4)C3)c1-c1ccc(-c2ccc3cccc(C(=O)Nc4nc5ccccc5s4)c3c2)nc1C(=O)O. The maximum Gasteiger partial charge on any atom is 0.409 e.